The van der Waals surface area contributed by atoms with E-state index in [-0.39, 0.29) is 6.10 Å². The van der Waals surface area contributed by atoms with Crippen molar-refractivity contribution in [2.24, 2.45) is 0 Å². The van der Waals surface area contributed by atoms with Crippen LogP contribution in [-0.2, 0) is 0 Å². The third-order valence-corrected chi connectivity index (χ3v) is 4.28. The molecule has 0 saturated heterocycles. The Hall–Kier alpha value is -2.04. The van der Waals surface area contributed by atoms with Gasteiger partial charge in [0.05, 0.1) is 10.0 Å². The largest absolute Gasteiger partial charge is 0.486 e. The molecular formula is C17H14Cl2N2O2. The van der Waals surface area contributed by atoms with E-state index in [4.69, 9.17) is 27.9 Å². The van der Waals surface area contributed by atoms with E-state index in [1.165, 1.54) is 0 Å². The van der Waals surface area contributed by atoms with Crippen LogP contribution in [0.25, 0.3) is 10.9 Å². The summed E-state index contributed by atoms with van der Waals surface area (Å²) in [7, 11) is 0. The van der Waals surface area contributed by atoms with Gasteiger partial charge in [-0.1, -0.05) is 30.1 Å². The molecule has 3 aromatic rings. The van der Waals surface area contributed by atoms with E-state index in [2.05, 4.69) is 9.97 Å². The van der Waals surface area contributed by atoms with E-state index < -0.39 is 0 Å². The molecule has 2 aromatic heterocycles. The lowest BCUT2D eigenvalue weighted by molar-refractivity contribution is 0.112. The molecule has 6 heteroatoms. The van der Waals surface area contributed by atoms with Crippen molar-refractivity contribution in [3.63, 3.8) is 0 Å². The van der Waals surface area contributed by atoms with Crippen LogP contribution in [0.1, 0.15) is 35.4 Å². The Bertz CT molecular complexity index is 841. The number of H-pyrrole nitrogens is 1. The maximum Gasteiger partial charge on any atom is 0.152 e. The number of carbonyl (C=O) groups is 1. The Morgan fingerprint density at radius 1 is 1.30 bits per heavy atom. The normalized spacial score (nSPS) is 12.3. The fourth-order valence-electron chi connectivity index (χ4n) is 2.53. The van der Waals surface area contributed by atoms with E-state index in [1.807, 2.05) is 25.1 Å². The van der Waals surface area contributed by atoms with E-state index in [0.717, 1.165) is 22.8 Å². The van der Waals surface area contributed by atoms with Gasteiger partial charge in [0.2, 0.25) is 0 Å². The third kappa shape index (κ3) is 3.05. The number of halogens is 2. The predicted octanol–water partition coefficient (Wildman–Crippen LogP) is 5.21. The molecule has 118 valence electrons. The molecule has 1 unspecified atom stereocenters. The van der Waals surface area contributed by atoms with E-state index in [0.29, 0.717) is 27.8 Å². The van der Waals surface area contributed by atoms with Gasteiger partial charge in [0.1, 0.15) is 11.9 Å². The smallest absolute Gasteiger partial charge is 0.152 e. The Morgan fingerprint density at radius 2 is 2.04 bits per heavy atom. The van der Waals surface area contributed by atoms with Gasteiger partial charge in [0.25, 0.3) is 0 Å². The number of nitrogens with one attached hydrogen (secondary N) is 1. The Balaban J connectivity index is 1.97. The number of aldehydes is 1. The van der Waals surface area contributed by atoms with Crippen LogP contribution in [0.3, 0.4) is 0 Å². The average molecular weight is 349 g/mol. The molecule has 3 rings (SSSR count). The molecule has 0 fully saturated rings. The summed E-state index contributed by atoms with van der Waals surface area (Å²) in [5, 5.41) is 1.76. The standard InChI is InChI=1S/C17H14Cl2N2O2/c1-2-16(17-13(18)7-20-8-14(17)19)23-11-3-4-15-12(5-11)10(9-22)6-21-15/h3-9,16,21H,2H2,1H3. The number of ether oxygens (including phenoxy) is 1. The number of fused-ring (bicyclic) bond motifs is 1. The molecule has 0 spiro atoms. The molecule has 1 atom stereocenters. The van der Waals surface area contributed by atoms with Gasteiger partial charge in [-0.15, -0.1) is 0 Å². The van der Waals surface area contributed by atoms with Crippen molar-refractivity contribution in [3.05, 3.63) is 58.0 Å². The molecule has 0 aliphatic heterocycles. The summed E-state index contributed by atoms with van der Waals surface area (Å²) >= 11 is 12.4. The van der Waals surface area contributed by atoms with Crippen molar-refractivity contribution >= 4 is 40.4 Å². The molecule has 0 saturated carbocycles. The van der Waals surface area contributed by atoms with E-state index >= 15 is 0 Å². The lowest BCUT2D eigenvalue weighted by atomic mass is 10.1. The molecule has 0 bridgehead atoms. The number of pyridine rings is 1. The fraction of sp³-hybridized carbons (Fsp3) is 0.176. The van der Waals surface area contributed by atoms with Gasteiger partial charge in [0, 0.05) is 40.6 Å². The topological polar surface area (TPSA) is 55.0 Å². The second kappa shape index (κ2) is 6.60. The van der Waals surface area contributed by atoms with Crippen LogP contribution in [0.15, 0.2) is 36.8 Å². The van der Waals surface area contributed by atoms with Crippen molar-refractivity contribution in [2.75, 3.05) is 0 Å². The maximum absolute atomic E-state index is 11.1. The zero-order chi connectivity index (χ0) is 16.4. The molecule has 1 N–H and O–H groups in total. The molecule has 4 nitrogen and oxygen atoms in total. The van der Waals surface area contributed by atoms with E-state index in [9.17, 15) is 4.79 Å². The van der Waals surface area contributed by atoms with Crippen molar-refractivity contribution in [1.29, 1.82) is 0 Å². The Kier molecular flexibility index (Phi) is 4.55. The summed E-state index contributed by atoms with van der Waals surface area (Å²) in [6.45, 7) is 1.99. The second-order valence-corrected chi connectivity index (χ2v) is 5.92. The summed E-state index contributed by atoms with van der Waals surface area (Å²) in [6.07, 6.45) is 5.98. The highest BCUT2D eigenvalue weighted by molar-refractivity contribution is 6.35. The van der Waals surface area contributed by atoms with Gasteiger partial charge in [-0.05, 0) is 24.6 Å². The first-order chi connectivity index (χ1) is 11.1. The number of nitrogens with zero attached hydrogens (tertiary/aromatic N) is 1. The lowest BCUT2D eigenvalue weighted by Crippen LogP contribution is -2.08. The molecule has 0 aliphatic carbocycles. The summed E-state index contributed by atoms with van der Waals surface area (Å²) in [6, 6.07) is 5.56. The summed E-state index contributed by atoms with van der Waals surface area (Å²) in [5.41, 5.74) is 2.20. The van der Waals surface area contributed by atoms with Crippen molar-refractivity contribution in [2.45, 2.75) is 19.4 Å². The number of aromatic amines is 1. The van der Waals surface area contributed by atoms with Crippen LogP contribution in [0.2, 0.25) is 10.0 Å². The minimum Gasteiger partial charge on any atom is -0.486 e. The molecule has 0 amide bonds. The SMILES string of the molecule is CCC(Oc1ccc2[nH]cc(C=O)c2c1)c1c(Cl)cncc1Cl. The van der Waals surface area contributed by atoms with Crippen LogP contribution < -0.4 is 4.74 Å². The fourth-order valence-corrected chi connectivity index (χ4v) is 3.14. The highest BCUT2D eigenvalue weighted by atomic mass is 35.5. The Morgan fingerprint density at radius 3 is 2.70 bits per heavy atom. The number of benzene rings is 1. The second-order valence-electron chi connectivity index (χ2n) is 5.10. The number of hydrogen-bond acceptors (Lipinski definition) is 3. The van der Waals surface area contributed by atoms with Gasteiger partial charge in [0.15, 0.2) is 6.29 Å². The molecule has 0 aliphatic rings. The quantitative estimate of drug-likeness (QED) is 0.643. The Labute approximate surface area is 143 Å². The highest BCUT2D eigenvalue weighted by Gasteiger charge is 2.19. The zero-order valence-corrected chi connectivity index (χ0v) is 13.9. The monoisotopic (exact) mass is 348 g/mol. The number of rotatable bonds is 5. The summed E-state index contributed by atoms with van der Waals surface area (Å²) < 4.78 is 6.06. The highest BCUT2D eigenvalue weighted by Crippen LogP contribution is 2.35. The van der Waals surface area contributed by atoms with Crippen molar-refractivity contribution in [1.82, 2.24) is 9.97 Å². The molecule has 2 heterocycles. The van der Waals surface area contributed by atoms with Crippen LogP contribution in [0, 0.1) is 0 Å². The summed E-state index contributed by atoms with van der Waals surface area (Å²) in [5.74, 6) is 0.649. The predicted molar refractivity (Wildman–Crippen MR) is 91.6 cm³/mol. The van der Waals surface area contributed by atoms with Crippen LogP contribution in [-0.4, -0.2) is 16.3 Å². The van der Waals surface area contributed by atoms with Gasteiger partial charge >= 0.3 is 0 Å². The first-order valence-electron chi connectivity index (χ1n) is 7.16. The van der Waals surface area contributed by atoms with Crippen LogP contribution in [0.4, 0.5) is 0 Å². The number of hydrogen-bond donors (Lipinski definition) is 1. The van der Waals surface area contributed by atoms with Crippen LogP contribution in [0.5, 0.6) is 5.75 Å². The lowest BCUT2D eigenvalue weighted by Gasteiger charge is -2.20. The zero-order valence-electron chi connectivity index (χ0n) is 12.3. The molecule has 0 radical (unpaired) electrons. The number of carbonyl (C=O) groups excluding carboxylic acids is 1. The number of aromatic nitrogens is 2. The molecular weight excluding hydrogens is 335 g/mol. The van der Waals surface area contributed by atoms with Crippen molar-refractivity contribution < 1.29 is 9.53 Å². The van der Waals surface area contributed by atoms with Gasteiger partial charge in [-0.25, -0.2) is 0 Å². The first-order valence-corrected chi connectivity index (χ1v) is 7.91. The molecule has 23 heavy (non-hydrogen) atoms. The van der Waals surface area contributed by atoms with Gasteiger partial charge in [-0.2, -0.15) is 0 Å². The maximum atomic E-state index is 11.1. The first kappa shape index (κ1) is 15.8. The van der Waals surface area contributed by atoms with E-state index in [1.54, 1.807) is 18.6 Å². The van der Waals surface area contributed by atoms with Crippen molar-refractivity contribution in [3.8, 4) is 5.75 Å². The minimum atomic E-state index is -0.297. The van der Waals surface area contributed by atoms with Crippen LogP contribution >= 0.6 is 23.2 Å². The molecule has 1 aromatic carbocycles. The van der Waals surface area contributed by atoms with Gasteiger partial charge in [-0.3, -0.25) is 9.78 Å². The average Bonchev–Trinajstić information content (AvgIpc) is 2.96. The third-order valence-electron chi connectivity index (χ3n) is 3.67. The summed E-state index contributed by atoms with van der Waals surface area (Å²) in [4.78, 5) is 18.1. The minimum absolute atomic E-state index is 0.297. The van der Waals surface area contributed by atoms with Gasteiger partial charge < -0.3 is 9.72 Å².